The van der Waals surface area contributed by atoms with Crippen LogP contribution in [0.15, 0.2) is 76.1 Å². The summed E-state index contributed by atoms with van der Waals surface area (Å²) in [7, 11) is -3.61. The summed E-state index contributed by atoms with van der Waals surface area (Å²) < 4.78 is 28.0. The Morgan fingerprint density at radius 3 is 2.24 bits per heavy atom. The first-order valence-electron chi connectivity index (χ1n) is 6.32. The Balaban J connectivity index is 1.99. The van der Waals surface area contributed by atoms with Crippen molar-refractivity contribution in [3.8, 4) is 0 Å². The zero-order valence-electron chi connectivity index (χ0n) is 11.0. The van der Waals surface area contributed by atoms with Crippen LogP contribution in [0, 0.1) is 0 Å². The molecule has 0 fully saturated rings. The third-order valence-corrected chi connectivity index (χ3v) is 5.52. The molecule has 0 bridgehead atoms. The van der Waals surface area contributed by atoms with Gasteiger partial charge in [0.15, 0.2) is 0 Å². The predicted molar refractivity (Wildman–Crippen MR) is 88.9 cm³/mol. The number of hydrogen-bond donors (Lipinski definition) is 1. The molecule has 0 spiro atoms. The van der Waals surface area contributed by atoms with Crippen LogP contribution in [-0.4, -0.2) is 8.42 Å². The van der Waals surface area contributed by atoms with Gasteiger partial charge in [-0.25, -0.2) is 8.42 Å². The van der Waals surface area contributed by atoms with Gasteiger partial charge in [-0.05, 0) is 51.0 Å². The van der Waals surface area contributed by atoms with Crippen molar-refractivity contribution in [2.45, 2.75) is 4.90 Å². The number of sulfonamides is 1. The van der Waals surface area contributed by atoms with Crippen LogP contribution >= 0.6 is 15.9 Å². The molecule has 0 saturated heterocycles. The molecule has 0 aromatic heterocycles. The van der Waals surface area contributed by atoms with Gasteiger partial charge in [0.05, 0.1) is 0 Å². The molecule has 0 saturated carbocycles. The molecule has 0 aliphatic rings. The molecule has 0 aliphatic heterocycles. The smallest absolute Gasteiger partial charge is 0.263 e. The second kappa shape index (κ2) is 5.50. The SMILES string of the molecule is O=S(=O)(Nc1ccc2ccccc2c1)c1ccccc1Br. The first-order chi connectivity index (χ1) is 10.1. The zero-order valence-corrected chi connectivity index (χ0v) is 13.4. The first-order valence-corrected chi connectivity index (χ1v) is 8.60. The standard InChI is InChI=1S/C16H12BrNO2S/c17-15-7-3-4-8-16(15)21(19,20)18-14-10-9-12-5-1-2-6-13(12)11-14/h1-11,18H. The Kier molecular flexibility index (Phi) is 3.69. The van der Waals surface area contributed by atoms with Crippen molar-refractivity contribution in [1.82, 2.24) is 0 Å². The Hall–Kier alpha value is -1.85. The van der Waals surface area contributed by atoms with Crippen molar-refractivity contribution in [3.05, 3.63) is 71.2 Å². The summed E-state index contributed by atoms with van der Waals surface area (Å²) in [6.45, 7) is 0. The molecule has 0 atom stereocenters. The van der Waals surface area contributed by atoms with E-state index in [9.17, 15) is 8.42 Å². The van der Waals surface area contributed by atoms with Gasteiger partial charge in [-0.3, -0.25) is 4.72 Å². The van der Waals surface area contributed by atoms with E-state index in [0.29, 0.717) is 10.2 Å². The number of nitrogens with one attached hydrogen (secondary N) is 1. The summed E-state index contributed by atoms with van der Waals surface area (Å²) in [4.78, 5) is 0.221. The fourth-order valence-electron chi connectivity index (χ4n) is 2.13. The topological polar surface area (TPSA) is 46.2 Å². The second-order valence-corrected chi connectivity index (χ2v) is 7.10. The average Bonchev–Trinajstić information content (AvgIpc) is 2.47. The lowest BCUT2D eigenvalue weighted by Crippen LogP contribution is -2.13. The van der Waals surface area contributed by atoms with Gasteiger partial charge in [-0.2, -0.15) is 0 Å². The quantitative estimate of drug-likeness (QED) is 0.751. The van der Waals surface area contributed by atoms with Crippen LogP contribution in [0.1, 0.15) is 0 Å². The maximum Gasteiger partial charge on any atom is 0.263 e. The van der Waals surface area contributed by atoms with Crippen LogP contribution < -0.4 is 4.72 Å². The van der Waals surface area contributed by atoms with E-state index in [0.717, 1.165) is 10.8 Å². The van der Waals surface area contributed by atoms with E-state index in [1.165, 1.54) is 0 Å². The molecule has 3 nitrogen and oxygen atoms in total. The number of benzene rings is 3. The first kappa shape index (κ1) is 14.1. The summed E-state index contributed by atoms with van der Waals surface area (Å²) in [5.41, 5.74) is 0.546. The molecule has 0 heterocycles. The van der Waals surface area contributed by atoms with E-state index in [2.05, 4.69) is 20.7 Å². The highest BCUT2D eigenvalue weighted by molar-refractivity contribution is 9.10. The third-order valence-electron chi connectivity index (χ3n) is 3.13. The molecule has 3 aromatic rings. The van der Waals surface area contributed by atoms with E-state index in [1.54, 1.807) is 30.3 Å². The highest BCUT2D eigenvalue weighted by Gasteiger charge is 2.17. The number of rotatable bonds is 3. The van der Waals surface area contributed by atoms with Crippen molar-refractivity contribution >= 4 is 42.4 Å². The molecular weight excluding hydrogens is 350 g/mol. The molecule has 0 radical (unpaired) electrons. The summed E-state index contributed by atoms with van der Waals surface area (Å²) in [5, 5.41) is 2.06. The Labute approximate surface area is 131 Å². The lowest BCUT2D eigenvalue weighted by Gasteiger charge is -2.10. The number of hydrogen-bond acceptors (Lipinski definition) is 2. The van der Waals surface area contributed by atoms with Crippen LogP contribution in [0.4, 0.5) is 5.69 Å². The van der Waals surface area contributed by atoms with Gasteiger partial charge in [-0.15, -0.1) is 0 Å². The molecule has 106 valence electrons. The molecule has 3 aromatic carbocycles. The fraction of sp³-hybridized carbons (Fsp3) is 0. The van der Waals surface area contributed by atoms with E-state index >= 15 is 0 Å². The van der Waals surface area contributed by atoms with Gasteiger partial charge in [0, 0.05) is 10.2 Å². The minimum Gasteiger partial charge on any atom is -0.280 e. The molecular formula is C16H12BrNO2S. The normalized spacial score (nSPS) is 11.5. The van der Waals surface area contributed by atoms with Crippen LogP contribution in [0.3, 0.4) is 0 Å². The van der Waals surface area contributed by atoms with E-state index < -0.39 is 10.0 Å². The van der Waals surface area contributed by atoms with Crippen molar-refractivity contribution in [2.24, 2.45) is 0 Å². The Morgan fingerprint density at radius 1 is 0.810 bits per heavy atom. The predicted octanol–water partition coefficient (Wildman–Crippen LogP) is 4.40. The van der Waals surface area contributed by atoms with Crippen LogP contribution in [0.5, 0.6) is 0 Å². The fourth-order valence-corrected chi connectivity index (χ4v) is 4.18. The third kappa shape index (κ3) is 2.94. The minimum atomic E-state index is -3.61. The van der Waals surface area contributed by atoms with Gasteiger partial charge < -0.3 is 0 Å². The minimum absolute atomic E-state index is 0.221. The monoisotopic (exact) mass is 361 g/mol. The summed E-state index contributed by atoms with van der Waals surface area (Å²) in [5.74, 6) is 0. The molecule has 0 aliphatic carbocycles. The molecule has 21 heavy (non-hydrogen) atoms. The average molecular weight is 362 g/mol. The van der Waals surface area contributed by atoms with Crippen molar-refractivity contribution in [2.75, 3.05) is 4.72 Å². The van der Waals surface area contributed by atoms with Gasteiger partial charge in [0.2, 0.25) is 0 Å². The van der Waals surface area contributed by atoms with Crippen molar-refractivity contribution < 1.29 is 8.42 Å². The van der Waals surface area contributed by atoms with Gasteiger partial charge >= 0.3 is 0 Å². The summed E-state index contributed by atoms with van der Waals surface area (Å²) in [6, 6.07) is 20.0. The Morgan fingerprint density at radius 2 is 1.48 bits per heavy atom. The number of halogens is 1. The molecule has 5 heteroatoms. The van der Waals surface area contributed by atoms with Crippen molar-refractivity contribution in [3.63, 3.8) is 0 Å². The molecule has 0 amide bonds. The summed E-state index contributed by atoms with van der Waals surface area (Å²) in [6.07, 6.45) is 0. The Bertz CT molecular complexity index is 907. The molecule has 1 N–H and O–H groups in total. The second-order valence-electron chi connectivity index (χ2n) is 4.60. The van der Waals surface area contributed by atoms with Crippen LogP contribution in [0.2, 0.25) is 0 Å². The lowest BCUT2D eigenvalue weighted by molar-refractivity contribution is 0.601. The lowest BCUT2D eigenvalue weighted by atomic mass is 10.1. The largest absolute Gasteiger partial charge is 0.280 e. The number of fused-ring (bicyclic) bond motifs is 1. The van der Waals surface area contributed by atoms with Gasteiger partial charge in [-0.1, -0.05) is 42.5 Å². The van der Waals surface area contributed by atoms with Crippen molar-refractivity contribution in [1.29, 1.82) is 0 Å². The highest BCUT2D eigenvalue weighted by Crippen LogP contribution is 2.25. The summed E-state index contributed by atoms with van der Waals surface area (Å²) >= 11 is 3.27. The van der Waals surface area contributed by atoms with E-state index in [-0.39, 0.29) is 4.90 Å². The number of anilines is 1. The highest BCUT2D eigenvalue weighted by atomic mass is 79.9. The van der Waals surface area contributed by atoms with Gasteiger partial charge in [0.25, 0.3) is 10.0 Å². The molecule has 0 unspecified atom stereocenters. The maximum absolute atomic E-state index is 12.4. The van der Waals surface area contributed by atoms with E-state index in [4.69, 9.17) is 0 Å². The van der Waals surface area contributed by atoms with E-state index in [1.807, 2.05) is 36.4 Å². The maximum atomic E-state index is 12.4. The molecule has 3 rings (SSSR count). The van der Waals surface area contributed by atoms with Crippen LogP contribution in [0.25, 0.3) is 10.8 Å². The van der Waals surface area contributed by atoms with Crippen LogP contribution in [-0.2, 0) is 10.0 Å². The van der Waals surface area contributed by atoms with Gasteiger partial charge in [0.1, 0.15) is 4.90 Å². The zero-order chi connectivity index (χ0) is 14.9.